The molecule has 44 heavy (non-hydrogen) atoms. The van der Waals surface area contributed by atoms with E-state index in [4.69, 9.17) is 18.9 Å². The summed E-state index contributed by atoms with van der Waals surface area (Å²) in [5, 5.41) is 0. The van der Waals surface area contributed by atoms with E-state index >= 15 is 0 Å². The zero-order valence-electron chi connectivity index (χ0n) is 24.8. The van der Waals surface area contributed by atoms with Gasteiger partial charge in [-0.1, -0.05) is 24.3 Å². The second-order valence-corrected chi connectivity index (χ2v) is 9.83. The number of rotatable bonds is 9. The zero-order valence-corrected chi connectivity index (χ0v) is 24.8. The SMILES string of the molecule is CC(=O)O[C@H]([C@H](OC(C)=O)[C@H](OC(C)=O)c1nc2ccccc2n1C(C)=O)[C@@H](OC(C)=O)c1nc2ccccc2n1C(C)=O. The molecule has 14 nitrogen and oxygen atoms in total. The molecule has 0 N–H and O–H groups in total. The molecule has 0 fully saturated rings. The van der Waals surface area contributed by atoms with Crippen LogP contribution in [0.3, 0.4) is 0 Å². The van der Waals surface area contributed by atoms with Crippen molar-refractivity contribution >= 4 is 57.8 Å². The predicted molar refractivity (Wildman–Crippen MR) is 152 cm³/mol. The Morgan fingerprint density at radius 2 is 0.841 bits per heavy atom. The molecule has 0 amide bonds. The van der Waals surface area contributed by atoms with E-state index in [-0.39, 0.29) is 11.6 Å². The molecule has 0 aliphatic carbocycles. The molecule has 4 rings (SSSR count). The first-order valence-corrected chi connectivity index (χ1v) is 13.5. The fraction of sp³-hybridized carbons (Fsp3) is 0.333. The van der Waals surface area contributed by atoms with E-state index in [9.17, 15) is 28.8 Å². The smallest absolute Gasteiger partial charge is 0.303 e. The maximum Gasteiger partial charge on any atom is 0.303 e. The van der Waals surface area contributed by atoms with Crippen LogP contribution in [0, 0.1) is 0 Å². The van der Waals surface area contributed by atoms with Gasteiger partial charge in [0.1, 0.15) is 0 Å². The third kappa shape index (κ3) is 6.48. The summed E-state index contributed by atoms with van der Waals surface area (Å²) in [6, 6.07) is 13.1. The van der Waals surface area contributed by atoms with Gasteiger partial charge in [0, 0.05) is 41.5 Å². The first-order chi connectivity index (χ1) is 20.8. The number of aromatic nitrogens is 4. The molecule has 0 aliphatic rings. The molecule has 230 valence electrons. The predicted octanol–water partition coefficient (Wildman–Crippen LogP) is 3.48. The van der Waals surface area contributed by atoms with E-state index in [1.54, 1.807) is 48.5 Å². The van der Waals surface area contributed by atoms with Crippen LogP contribution in [0.4, 0.5) is 0 Å². The minimum absolute atomic E-state index is 0.168. The summed E-state index contributed by atoms with van der Waals surface area (Å²) < 4.78 is 24.9. The second kappa shape index (κ2) is 12.9. The highest BCUT2D eigenvalue weighted by atomic mass is 16.6. The highest BCUT2D eigenvalue weighted by molar-refractivity contribution is 5.91. The van der Waals surface area contributed by atoms with E-state index in [1.165, 1.54) is 13.8 Å². The van der Waals surface area contributed by atoms with Crippen LogP contribution < -0.4 is 0 Å². The third-order valence-electron chi connectivity index (χ3n) is 6.42. The lowest BCUT2D eigenvalue weighted by Gasteiger charge is -2.35. The van der Waals surface area contributed by atoms with E-state index in [2.05, 4.69) is 9.97 Å². The molecular weight excluding hydrogens is 576 g/mol. The molecule has 2 heterocycles. The Hall–Kier alpha value is -5.40. The van der Waals surface area contributed by atoms with Crippen molar-refractivity contribution in [2.24, 2.45) is 0 Å². The molecule has 4 atom stereocenters. The Bertz CT molecular complexity index is 1660. The Morgan fingerprint density at radius 3 is 1.14 bits per heavy atom. The van der Waals surface area contributed by atoms with Crippen molar-refractivity contribution in [1.82, 2.24) is 19.1 Å². The molecule has 0 unspecified atom stereocenters. The Balaban J connectivity index is 2.04. The van der Waals surface area contributed by atoms with Gasteiger partial charge in [0.05, 0.1) is 22.1 Å². The molecule has 14 heteroatoms. The van der Waals surface area contributed by atoms with Crippen LogP contribution in [0.5, 0.6) is 0 Å². The minimum Gasteiger partial charge on any atom is -0.454 e. The summed E-state index contributed by atoms with van der Waals surface area (Å²) in [4.78, 5) is 85.0. The maximum atomic E-state index is 12.9. The van der Waals surface area contributed by atoms with Crippen LogP contribution >= 0.6 is 0 Å². The number of esters is 4. The number of hydrogen-bond acceptors (Lipinski definition) is 12. The van der Waals surface area contributed by atoms with Gasteiger partial charge in [-0.3, -0.25) is 37.9 Å². The summed E-state index contributed by atoms with van der Waals surface area (Å²) in [5.41, 5.74) is 1.39. The number of ether oxygens (including phenoxy) is 4. The van der Waals surface area contributed by atoms with Crippen molar-refractivity contribution in [2.75, 3.05) is 0 Å². The average molecular weight is 607 g/mol. The molecule has 4 aromatic rings. The van der Waals surface area contributed by atoms with Gasteiger partial charge in [0.2, 0.25) is 24.0 Å². The summed E-state index contributed by atoms with van der Waals surface area (Å²) >= 11 is 0. The van der Waals surface area contributed by atoms with Gasteiger partial charge in [-0.05, 0) is 24.3 Å². The van der Waals surface area contributed by atoms with Crippen LogP contribution in [0.25, 0.3) is 22.1 Å². The zero-order chi connectivity index (χ0) is 32.3. The molecule has 0 radical (unpaired) electrons. The summed E-state index contributed by atoms with van der Waals surface area (Å²) in [6.45, 7) is 6.79. The van der Waals surface area contributed by atoms with E-state index in [0.29, 0.717) is 22.1 Å². The van der Waals surface area contributed by atoms with Crippen LogP contribution in [0.2, 0.25) is 0 Å². The van der Waals surface area contributed by atoms with Gasteiger partial charge >= 0.3 is 23.9 Å². The van der Waals surface area contributed by atoms with Gasteiger partial charge in [-0.2, -0.15) is 0 Å². The molecule has 0 aliphatic heterocycles. The Morgan fingerprint density at radius 1 is 0.523 bits per heavy atom. The first-order valence-electron chi connectivity index (χ1n) is 13.5. The minimum atomic E-state index is -1.78. The number of imidazole rings is 2. The largest absolute Gasteiger partial charge is 0.454 e. The van der Waals surface area contributed by atoms with Gasteiger partial charge in [0.25, 0.3) is 0 Å². The summed E-state index contributed by atoms with van der Waals surface area (Å²) in [5.74, 6) is -4.92. The van der Waals surface area contributed by atoms with E-state index in [1.807, 2.05) is 0 Å². The number of fused-ring (bicyclic) bond motifs is 2. The lowest BCUT2D eigenvalue weighted by Crippen LogP contribution is -2.46. The fourth-order valence-corrected chi connectivity index (χ4v) is 5.01. The van der Waals surface area contributed by atoms with Crippen LogP contribution in [0.15, 0.2) is 48.5 Å². The van der Waals surface area contributed by atoms with Crippen LogP contribution in [-0.2, 0) is 38.1 Å². The normalized spacial score (nSPS) is 13.9. The van der Waals surface area contributed by atoms with Gasteiger partial charge in [0.15, 0.2) is 23.9 Å². The second-order valence-electron chi connectivity index (χ2n) is 9.83. The van der Waals surface area contributed by atoms with E-state index < -0.39 is 60.1 Å². The van der Waals surface area contributed by atoms with Gasteiger partial charge in [-0.25, -0.2) is 9.97 Å². The highest BCUT2D eigenvalue weighted by Gasteiger charge is 2.48. The van der Waals surface area contributed by atoms with Crippen molar-refractivity contribution in [2.45, 2.75) is 66.0 Å². The third-order valence-corrected chi connectivity index (χ3v) is 6.42. The van der Waals surface area contributed by atoms with Crippen molar-refractivity contribution in [1.29, 1.82) is 0 Å². The van der Waals surface area contributed by atoms with Crippen molar-refractivity contribution in [3.05, 3.63) is 60.2 Å². The number of carbonyl (C=O) groups excluding carboxylic acids is 6. The molecule has 2 aromatic carbocycles. The van der Waals surface area contributed by atoms with Crippen molar-refractivity contribution in [3.8, 4) is 0 Å². The topological polar surface area (TPSA) is 175 Å². The molecule has 0 saturated heterocycles. The Labute approximate surface area is 250 Å². The van der Waals surface area contributed by atoms with Crippen LogP contribution in [0.1, 0.15) is 75.0 Å². The monoisotopic (exact) mass is 606 g/mol. The Kier molecular flexibility index (Phi) is 9.21. The molecule has 2 aromatic heterocycles. The maximum absolute atomic E-state index is 12.9. The standard InChI is InChI=1S/C30H30N4O10/c1-15(35)33-23-13-9-7-11-21(23)31-29(33)27(43-19(5)39)25(41-17(3)37)26(42-18(4)38)28(44-20(6)40)30-32-22-12-8-10-14-24(22)34(30)16(2)36/h7-14,25-28H,1-6H3/t25-,26+,27-,28+. The highest BCUT2D eigenvalue weighted by Crippen LogP contribution is 2.37. The molecule has 0 saturated carbocycles. The summed E-state index contributed by atoms with van der Waals surface area (Å²) in [7, 11) is 0. The molecular formula is C30H30N4O10. The van der Waals surface area contributed by atoms with Gasteiger partial charge in [-0.15, -0.1) is 0 Å². The summed E-state index contributed by atoms with van der Waals surface area (Å²) in [6.07, 6.45) is -6.94. The van der Waals surface area contributed by atoms with Crippen molar-refractivity contribution < 1.29 is 47.7 Å². The quantitative estimate of drug-likeness (QED) is 0.201. The van der Waals surface area contributed by atoms with Gasteiger partial charge < -0.3 is 18.9 Å². The van der Waals surface area contributed by atoms with Crippen molar-refractivity contribution in [3.63, 3.8) is 0 Å². The average Bonchev–Trinajstić information content (AvgIpc) is 3.51. The molecule has 0 bridgehead atoms. The number of benzene rings is 2. The lowest BCUT2D eigenvalue weighted by atomic mass is 10.00. The lowest BCUT2D eigenvalue weighted by molar-refractivity contribution is -0.201. The van der Waals surface area contributed by atoms with Crippen LogP contribution in [-0.4, -0.2) is 67.0 Å². The number of hydrogen-bond donors (Lipinski definition) is 0. The number of para-hydroxylation sites is 4. The van der Waals surface area contributed by atoms with E-state index in [0.717, 1.165) is 36.8 Å². The fourth-order valence-electron chi connectivity index (χ4n) is 5.01. The number of carbonyl (C=O) groups is 6. The number of nitrogens with zero attached hydrogens (tertiary/aromatic N) is 4. The first kappa shape index (κ1) is 31.5. The molecule has 0 spiro atoms.